The number of nitrogens with one attached hydrogen (secondary N) is 1. The van der Waals surface area contributed by atoms with Crippen LogP contribution in [0.4, 0.5) is 15.3 Å². The van der Waals surface area contributed by atoms with Crippen LogP contribution >= 0.6 is 0 Å². The van der Waals surface area contributed by atoms with Crippen molar-refractivity contribution in [1.29, 1.82) is 0 Å². The van der Waals surface area contributed by atoms with Gasteiger partial charge in [0.2, 0.25) is 5.96 Å². The van der Waals surface area contributed by atoms with E-state index in [-0.39, 0.29) is 17.2 Å². The van der Waals surface area contributed by atoms with Crippen LogP contribution in [0.3, 0.4) is 0 Å². The Balaban J connectivity index is 2.50. The molecule has 0 aliphatic heterocycles. The molecule has 0 fully saturated rings. The van der Waals surface area contributed by atoms with E-state index in [1.807, 2.05) is 0 Å². The molecule has 2 aromatic rings. The van der Waals surface area contributed by atoms with E-state index in [1.54, 1.807) is 41.5 Å². The highest BCUT2D eigenvalue weighted by Gasteiger charge is 2.23. The Hall–Kier alpha value is -3.57. The monoisotopic (exact) mass is 406 g/mol. The van der Waals surface area contributed by atoms with Gasteiger partial charge in [-0.25, -0.2) is 9.59 Å². The Morgan fingerprint density at radius 1 is 1.14 bits per heavy atom. The second-order valence-corrected chi connectivity index (χ2v) is 7.97. The maximum Gasteiger partial charge on any atom is 0.437 e. The number of carbonyl (C=O) groups excluding carboxylic acids is 2. The molecule has 0 saturated heterocycles. The van der Waals surface area contributed by atoms with Crippen molar-refractivity contribution in [2.24, 2.45) is 4.99 Å². The van der Waals surface area contributed by atoms with Gasteiger partial charge in [0, 0.05) is 12.1 Å². The molecule has 0 bridgehead atoms. The molecule has 2 amide bonds. The van der Waals surface area contributed by atoms with Gasteiger partial charge in [-0.1, -0.05) is 5.21 Å². The number of non-ortho nitro benzene ring substituents is 1. The number of rotatable bonds is 1. The molecular weight excluding hydrogens is 384 g/mol. The molecule has 0 unspecified atom stereocenters. The summed E-state index contributed by atoms with van der Waals surface area (Å²) >= 11 is 0. The summed E-state index contributed by atoms with van der Waals surface area (Å²) in [6.45, 7) is 9.92. The molecule has 0 spiro atoms. The van der Waals surface area contributed by atoms with Crippen molar-refractivity contribution in [3.05, 3.63) is 28.3 Å². The summed E-state index contributed by atoms with van der Waals surface area (Å²) in [6.07, 6.45) is -1.91. The number of amides is 2. The van der Waals surface area contributed by atoms with Crippen LogP contribution in [0.5, 0.6) is 0 Å². The standard InChI is InChI=1S/C17H22N6O6/c1-16(2,3)28-14(24)18-13(19-15(25)29-17(4,5)6)22-12-9-10(23(26)27)7-8-11(12)20-21-22/h7-9H,1-6H3,(H,18,19,24,25). The zero-order valence-corrected chi connectivity index (χ0v) is 16.9. The topological polar surface area (TPSA) is 151 Å². The lowest BCUT2D eigenvalue weighted by atomic mass is 10.2. The van der Waals surface area contributed by atoms with Gasteiger partial charge in [-0.15, -0.1) is 10.1 Å². The highest BCUT2D eigenvalue weighted by Crippen LogP contribution is 2.19. The Morgan fingerprint density at radius 2 is 1.76 bits per heavy atom. The van der Waals surface area contributed by atoms with Crippen LogP contribution in [0.15, 0.2) is 23.2 Å². The minimum atomic E-state index is -1.00. The quantitative estimate of drug-likeness (QED) is 0.328. The molecule has 0 atom stereocenters. The number of ether oxygens (including phenoxy) is 2. The van der Waals surface area contributed by atoms with Crippen LogP contribution in [0, 0.1) is 10.1 Å². The second-order valence-electron chi connectivity index (χ2n) is 7.97. The first kappa shape index (κ1) is 21.7. The van der Waals surface area contributed by atoms with Crippen molar-refractivity contribution >= 4 is 34.9 Å². The first-order chi connectivity index (χ1) is 13.2. The lowest BCUT2D eigenvalue weighted by molar-refractivity contribution is -0.384. The number of alkyl carbamates (subject to hydrolysis) is 1. The van der Waals surface area contributed by atoms with Gasteiger partial charge in [-0.2, -0.15) is 4.68 Å². The average molecular weight is 406 g/mol. The smallest absolute Gasteiger partial charge is 0.437 e. The molecule has 156 valence electrons. The summed E-state index contributed by atoms with van der Waals surface area (Å²) < 4.78 is 11.3. The first-order valence-corrected chi connectivity index (χ1v) is 8.57. The number of fused-ring (bicyclic) bond motifs is 1. The lowest BCUT2D eigenvalue weighted by Gasteiger charge is -2.20. The first-order valence-electron chi connectivity index (χ1n) is 8.57. The SMILES string of the molecule is CC(C)(C)OC(=O)/N=C(/NC(=O)OC(C)(C)C)n1nnc2ccc([N+](=O)[O-])cc21. The Bertz CT molecular complexity index is 982. The number of aromatic nitrogens is 3. The molecule has 29 heavy (non-hydrogen) atoms. The molecule has 0 aliphatic rings. The van der Waals surface area contributed by atoms with Gasteiger partial charge >= 0.3 is 12.2 Å². The Morgan fingerprint density at radius 3 is 2.31 bits per heavy atom. The second kappa shape index (κ2) is 7.81. The maximum absolute atomic E-state index is 12.2. The normalized spacial score (nSPS) is 12.6. The van der Waals surface area contributed by atoms with E-state index in [0.717, 1.165) is 4.68 Å². The molecule has 1 N–H and O–H groups in total. The minimum Gasteiger partial charge on any atom is -0.444 e. The zero-order valence-electron chi connectivity index (χ0n) is 16.9. The van der Waals surface area contributed by atoms with Gasteiger partial charge in [0.15, 0.2) is 0 Å². The summed E-state index contributed by atoms with van der Waals surface area (Å²) in [6, 6.07) is 3.83. The Kier molecular flexibility index (Phi) is 5.85. The van der Waals surface area contributed by atoms with E-state index in [2.05, 4.69) is 20.6 Å². The van der Waals surface area contributed by atoms with E-state index in [9.17, 15) is 19.7 Å². The van der Waals surface area contributed by atoms with Crippen LogP contribution in [0.1, 0.15) is 41.5 Å². The molecule has 0 aliphatic carbocycles. The van der Waals surface area contributed by atoms with Crippen molar-refractivity contribution in [3.8, 4) is 0 Å². The fourth-order valence-corrected chi connectivity index (χ4v) is 2.07. The number of hydrogen-bond acceptors (Lipinski definition) is 8. The van der Waals surface area contributed by atoms with E-state index < -0.39 is 28.3 Å². The van der Waals surface area contributed by atoms with E-state index in [0.29, 0.717) is 5.52 Å². The van der Waals surface area contributed by atoms with Gasteiger partial charge in [0.05, 0.1) is 4.92 Å². The third-order valence-electron chi connectivity index (χ3n) is 3.04. The highest BCUT2D eigenvalue weighted by molar-refractivity contribution is 6.03. The van der Waals surface area contributed by atoms with Crippen LogP contribution < -0.4 is 5.32 Å². The molecule has 1 aromatic carbocycles. The Labute approximate surface area is 166 Å². The van der Waals surface area contributed by atoms with Crippen molar-refractivity contribution in [1.82, 2.24) is 20.3 Å². The third-order valence-corrected chi connectivity index (χ3v) is 3.04. The number of nitro benzene ring substituents is 1. The van der Waals surface area contributed by atoms with Crippen LogP contribution in [-0.2, 0) is 9.47 Å². The predicted molar refractivity (Wildman–Crippen MR) is 103 cm³/mol. The summed E-state index contributed by atoms with van der Waals surface area (Å²) in [5.41, 5.74) is -1.43. The fourth-order valence-electron chi connectivity index (χ4n) is 2.07. The van der Waals surface area contributed by atoms with Crippen molar-refractivity contribution in [2.75, 3.05) is 0 Å². The molecule has 0 saturated carbocycles. The fraction of sp³-hybridized carbons (Fsp3) is 0.471. The van der Waals surface area contributed by atoms with Crippen LogP contribution in [0.25, 0.3) is 11.0 Å². The minimum absolute atomic E-state index is 0.151. The highest BCUT2D eigenvalue weighted by atomic mass is 16.6. The summed E-state index contributed by atoms with van der Waals surface area (Å²) in [5.74, 6) is -0.378. The lowest BCUT2D eigenvalue weighted by Crippen LogP contribution is -2.40. The molecule has 12 nitrogen and oxygen atoms in total. The third kappa shape index (κ3) is 6.23. The number of hydrogen-bond donors (Lipinski definition) is 1. The number of benzene rings is 1. The van der Waals surface area contributed by atoms with Gasteiger partial charge in [-0.05, 0) is 47.6 Å². The number of nitrogens with zero attached hydrogens (tertiary/aromatic N) is 5. The van der Waals surface area contributed by atoms with E-state index >= 15 is 0 Å². The van der Waals surface area contributed by atoms with E-state index in [1.165, 1.54) is 18.2 Å². The molecule has 2 rings (SSSR count). The number of carbonyl (C=O) groups is 2. The largest absolute Gasteiger partial charge is 0.444 e. The summed E-state index contributed by atoms with van der Waals surface area (Å²) in [7, 11) is 0. The van der Waals surface area contributed by atoms with Gasteiger partial charge in [-0.3, -0.25) is 15.4 Å². The van der Waals surface area contributed by atoms with Crippen LogP contribution in [-0.4, -0.2) is 49.3 Å². The van der Waals surface area contributed by atoms with Crippen LogP contribution in [0.2, 0.25) is 0 Å². The van der Waals surface area contributed by atoms with Gasteiger partial charge < -0.3 is 9.47 Å². The number of nitro groups is 1. The molecule has 0 radical (unpaired) electrons. The molecule has 1 aromatic heterocycles. The van der Waals surface area contributed by atoms with Gasteiger partial charge in [0.25, 0.3) is 5.69 Å². The average Bonchev–Trinajstić information content (AvgIpc) is 2.93. The maximum atomic E-state index is 12.2. The molecular formula is C17H22N6O6. The predicted octanol–water partition coefficient (Wildman–Crippen LogP) is 3.00. The summed E-state index contributed by atoms with van der Waals surface area (Å²) in [5, 5.41) is 21.1. The molecule has 1 heterocycles. The van der Waals surface area contributed by atoms with Crippen molar-refractivity contribution in [2.45, 2.75) is 52.7 Å². The van der Waals surface area contributed by atoms with Crippen molar-refractivity contribution in [3.63, 3.8) is 0 Å². The number of aliphatic imine (C=N–C) groups is 1. The zero-order chi connectivity index (χ0) is 22.0. The van der Waals surface area contributed by atoms with Crippen molar-refractivity contribution < 1.29 is 24.0 Å². The summed E-state index contributed by atoms with van der Waals surface area (Å²) in [4.78, 5) is 38.6. The molecule has 12 heteroatoms. The van der Waals surface area contributed by atoms with E-state index in [4.69, 9.17) is 9.47 Å². The van der Waals surface area contributed by atoms with Gasteiger partial charge in [0.1, 0.15) is 22.2 Å².